The lowest BCUT2D eigenvalue weighted by Gasteiger charge is -2.30. The number of likely N-dealkylation sites (tertiary alicyclic amines) is 1. The number of pyridine rings is 1. The van der Waals surface area contributed by atoms with Crippen LogP contribution in [0.15, 0.2) is 54.9 Å². The van der Waals surface area contributed by atoms with Crippen LogP contribution in [0.4, 0.5) is 0 Å². The Morgan fingerprint density at radius 1 is 1.30 bits per heavy atom. The minimum atomic E-state index is -0.163. The Morgan fingerprint density at radius 3 is 2.83 bits per heavy atom. The maximum atomic E-state index is 13.0. The molecule has 3 heterocycles. The van der Waals surface area contributed by atoms with Crippen molar-refractivity contribution in [2.24, 2.45) is 5.73 Å². The maximum Gasteiger partial charge on any atom is 0.274 e. The van der Waals surface area contributed by atoms with E-state index < -0.39 is 0 Å². The number of carbonyl (C=O) groups is 1. The number of piperidine rings is 1. The van der Waals surface area contributed by atoms with Gasteiger partial charge in [-0.05, 0) is 43.2 Å². The molecule has 8 nitrogen and oxygen atoms in total. The summed E-state index contributed by atoms with van der Waals surface area (Å²) >= 11 is 0. The van der Waals surface area contributed by atoms with Crippen LogP contribution >= 0.6 is 0 Å². The summed E-state index contributed by atoms with van der Waals surface area (Å²) in [7, 11) is 0. The Labute approximate surface area is 174 Å². The first-order valence-electron chi connectivity index (χ1n) is 9.81. The van der Waals surface area contributed by atoms with Crippen molar-refractivity contribution >= 4 is 5.91 Å². The van der Waals surface area contributed by atoms with Crippen LogP contribution in [0.1, 0.15) is 34.5 Å². The van der Waals surface area contributed by atoms with Gasteiger partial charge in [0, 0.05) is 43.2 Å². The molecule has 1 aliphatic rings. The second-order valence-electron chi connectivity index (χ2n) is 7.24. The zero-order valence-corrected chi connectivity index (χ0v) is 16.4. The topological polar surface area (TPSA) is 110 Å². The first-order valence-corrected chi connectivity index (χ1v) is 9.81. The first kappa shape index (κ1) is 19.6. The van der Waals surface area contributed by atoms with E-state index in [0.717, 1.165) is 18.4 Å². The summed E-state index contributed by atoms with van der Waals surface area (Å²) in [5.74, 6) is 0.275. The number of nitriles is 1. The van der Waals surface area contributed by atoms with E-state index in [9.17, 15) is 4.79 Å². The zero-order valence-electron chi connectivity index (χ0n) is 16.4. The Balaban J connectivity index is 1.63. The second-order valence-corrected chi connectivity index (χ2v) is 7.24. The highest BCUT2D eigenvalue weighted by Crippen LogP contribution is 2.23. The third-order valence-electron chi connectivity index (χ3n) is 4.99. The molecule has 1 fully saturated rings. The SMILES string of the molecule is N#Cc1ccc(-n2nc(C(=O)N3CCC[C@@H](N)C3)cc2OCc2cccnc2)cc1. The molecule has 152 valence electrons. The molecule has 2 N–H and O–H groups in total. The minimum Gasteiger partial charge on any atom is -0.473 e. The molecule has 1 aromatic carbocycles. The summed E-state index contributed by atoms with van der Waals surface area (Å²) in [6.45, 7) is 1.48. The van der Waals surface area contributed by atoms with Gasteiger partial charge in [0.05, 0.1) is 17.3 Å². The lowest BCUT2D eigenvalue weighted by molar-refractivity contribution is 0.0702. The smallest absolute Gasteiger partial charge is 0.274 e. The molecule has 4 rings (SSSR count). The highest BCUT2D eigenvalue weighted by molar-refractivity contribution is 5.92. The quantitative estimate of drug-likeness (QED) is 0.701. The highest BCUT2D eigenvalue weighted by atomic mass is 16.5. The van der Waals surface area contributed by atoms with Crippen LogP contribution in [0.3, 0.4) is 0 Å². The minimum absolute atomic E-state index is 0.00962. The number of benzene rings is 1. The van der Waals surface area contributed by atoms with E-state index in [1.165, 1.54) is 0 Å². The van der Waals surface area contributed by atoms with Crippen LogP contribution in [-0.4, -0.2) is 44.7 Å². The molecular formula is C22H22N6O2. The number of rotatable bonds is 5. The molecule has 1 atom stereocenters. The van der Waals surface area contributed by atoms with Gasteiger partial charge in [-0.25, -0.2) is 4.68 Å². The van der Waals surface area contributed by atoms with Gasteiger partial charge in [0.15, 0.2) is 5.69 Å². The average molecular weight is 402 g/mol. The summed E-state index contributed by atoms with van der Waals surface area (Å²) in [5.41, 5.74) is 8.48. The van der Waals surface area contributed by atoms with E-state index in [4.69, 9.17) is 15.7 Å². The number of aromatic nitrogens is 3. The molecular weight excluding hydrogens is 380 g/mol. The van der Waals surface area contributed by atoms with Crippen LogP contribution in [-0.2, 0) is 6.61 Å². The Bertz CT molecular complexity index is 1060. The van der Waals surface area contributed by atoms with Crippen molar-refractivity contribution < 1.29 is 9.53 Å². The van der Waals surface area contributed by atoms with Crippen LogP contribution in [0.2, 0.25) is 0 Å². The number of amides is 1. The number of nitrogens with zero attached hydrogens (tertiary/aromatic N) is 5. The molecule has 1 saturated heterocycles. The van der Waals surface area contributed by atoms with Crippen molar-refractivity contribution in [3.05, 3.63) is 71.7 Å². The number of carbonyl (C=O) groups excluding carboxylic acids is 1. The van der Waals surface area contributed by atoms with E-state index in [1.807, 2.05) is 12.1 Å². The van der Waals surface area contributed by atoms with Gasteiger partial charge in [-0.3, -0.25) is 9.78 Å². The van der Waals surface area contributed by atoms with Crippen molar-refractivity contribution in [1.29, 1.82) is 5.26 Å². The van der Waals surface area contributed by atoms with Crippen LogP contribution in [0, 0.1) is 11.3 Å². The molecule has 8 heteroatoms. The van der Waals surface area contributed by atoms with E-state index in [2.05, 4.69) is 16.2 Å². The van der Waals surface area contributed by atoms with Crippen LogP contribution in [0.25, 0.3) is 5.69 Å². The van der Waals surface area contributed by atoms with Crippen molar-refractivity contribution in [1.82, 2.24) is 19.7 Å². The molecule has 3 aromatic rings. The summed E-state index contributed by atoms with van der Waals surface area (Å²) in [6, 6.07) is 14.4. The van der Waals surface area contributed by atoms with Gasteiger partial charge in [-0.2, -0.15) is 10.4 Å². The van der Waals surface area contributed by atoms with Gasteiger partial charge in [0.2, 0.25) is 5.88 Å². The third kappa shape index (κ3) is 4.31. The Morgan fingerprint density at radius 2 is 2.13 bits per heavy atom. The first-order chi connectivity index (χ1) is 14.6. The van der Waals surface area contributed by atoms with E-state index in [1.54, 1.807) is 52.3 Å². The average Bonchev–Trinajstić information content (AvgIpc) is 3.22. The normalized spacial score (nSPS) is 16.1. The molecule has 1 aliphatic heterocycles. The Kier molecular flexibility index (Phi) is 5.72. The predicted molar refractivity (Wildman–Crippen MR) is 110 cm³/mol. The predicted octanol–water partition coefficient (Wildman–Crippen LogP) is 2.28. The molecule has 0 bridgehead atoms. The van der Waals surface area contributed by atoms with Crippen molar-refractivity contribution in [3.63, 3.8) is 0 Å². The van der Waals surface area contributed by atoms with Crippen molar-refractivity contribution in [2.75, 3.05) is 13.1 Å². The summed E-state index contributed by atoms with van der Waals surface area (Å²) < 4.78 is 7.55. The standard InChI is InChI=1S/C22H22N6O2/c23-12-16-5-7-19(8-6-16)28-21(30-15-17-3-1-9-25-13-17)11-20(26-28)22(29)27-10-2-4-18(24)14-27/h1,3,5-9,11,13,18H,2,4,10,14-15,24H2/t18-/m1/s1. The summed E-state index contributed by atoms with van der Waals surface area (Å²) in [4.78, 5) is 18.8. The van der Waals surface area contributed by atoms with E-state index in [0.29, 0.717) is 35.9 Å². The fourth-order valence-corrected chi connectivity index (χ4v) is 3.43. The van der Waals surface area contributed by atoms with Gasteiger partial charge >= 0.3 is 0 Å². The molecule has 30 heavy (non-hydrogen) atoms. The molecule has 0 radical (unpaired) electrons. The zero-order chi connectivity index (χ0) is 20.9. The largest absolute Gasteiger partial charge is 0.473 e. The number of ether oxygens (including phenoxy) is 1. The monoisotopic (exact) mass is 402 g/mol. The number of hydrogen-bond acceptors (Lipinski definition) is 6. The van der Waals surface area contributed by atoms with Crippen molar-refractivity contribution in [3.8, 4) is 17.6 Å². The maximum absolute atomic E-state index is 13.0. The summed E-state index contributed by atoms with van der Waals surface area (Å²) in [5, 5.41) is 13.6. The fraction of sp³-hybridized carbons (Fsp3) is 0.273. The molecule has 0 aliphatic carbocycles. The molecule has 0 spiro atoms. The molecule has 0 saturated carbocycles. The number of nitrogens with two attached hydrogens (primary N) is 1. The van der Waals surface area contributed by atoms with Gasteiger partial charge in [0.1, 0.15) is 6.61 Å². The molecule has 2 aromatic heterocycles. The lowest BCUT2D eigenvalue weighted by Crippen LogP contribution is -2.45. The van der Waals surface area contributed by atoms with Crippen LogP contribution in [0.5, 0.6) is 5.88 Å². The number of hydrogen-bond donors (Lipinski definition) is 1. The van der Waals surface area contributed by atoms with Gasteiger partial charge in [0.25, 0.3) is 5.91 Å². The van der Waals surface area contributed by atoms with Crippen molar-refractivity contribution in [2.45, 2.75) is 25.5 Å². The van der Waals surface area contributed by atoms with Gasteiger partial charge in [-0.1, -0.05) is 6.07 Å². The molecule has 0 unspecified atom stereocenters. The van der Waals surface area contributed by atoms with E-state index in [-0.39, 0.29) is 18.6 Å². The highest BCUT2D eigenvalue weighted by Gasteiger charge is 2.25. The fourth-order valence-electron chi connectivity index (χ4n) is 3.43. The summed E-state index contributed by atoms with van der Waals surface area (Å²) in [6.07, 6.45) is 5.23. The van der Waals surface area contributed by atoms with Crippen LogP contribution < -0.4 is 10.5 Å². The van der Waals surface area contributed by atoms with Gasteiger partial charge < -0.3 is 15.4 Å². The van der Waals surface area contributed by atoms with Gasteiger partial charge in [-0.15, -0.1) is 0 Å². The third-order valence-corrected chi connectivity index (χ3v) is 4.99. The Hall–Kier alpha value is -3.70. The lowest BCUT2D eigenvalue weighted by atomic mass is 10.1. The molecule has 1 amide bonds. The van der Waals surface area contributed by atoms with E-state index >= 15 is 0 Å². The second kappa shape index (κ2) is 8.76.